The largest absolute Gasteiger partial charge is 0.508 e. The van der Waals surface area contributed by atoms with E-state index in [0.717, 1.165) is 37.9 Å². The van der Waals surface area contributed by atoms with Crippen molar-refractivity contribution in [2.24, 2.45) is 5.92 Å². The van der Waals surface area contributed by atoms with Crippen LogP contribution in [0.25, 0.3) is 11.0 Å². The number of rotatable bonds is 7. The average Bonchev–Trinajstić information content (AvgIpc) is 2.82. The van der Waals surface area contributed by atoms with E-state index in [1.807, 2.05) is 19.1 Å². The molecular weight excluding hydrogens is 444 g/mol. The molecule has 0 unspecified atom stereocenters. The number of hydrogen-bond acceptors (Lipinski definition) is 6. The summed E-state index contributed by atoms with van der Waals surface area (Å²) in [6.07, 6.45) is 3.63. The van der Waals surface area contributed by atoms with Gasteiger partial charge in [0.05, 0.1) is 0 Å². The van der Waals surface area contributed by atoms with Crippen LogP contribution in [0, 0.1) is 12.8 Å². The number of nitrogens with one attached hydrogen (secondary N) is 1. The minimum absolute atomic E-state index is 0.0719. The zero-order valence-corrected chi connectivity index (χ0v) is 20.9. The fourth-order valence-corrected chi connectivity index (χ4v) is 4.37. The van der Waals surface area contributed by atoms with Crippen molar-refractivity contribution in [1.82, 2.24) is 4.90 Å². The van der Waals surface area contributed by atoms with Crippen LogP contribution in [0.15, 0.2) is 45.6 Å². The van der Waals surface area contributed by atoms with Crippen molar-refractivity contribution in [2.75, 3.05) is 25.5 Å². The highest BCUT2D eigenvalue weighted by atomic mass is 16.5. The van der Waals surface area contributed by atoms with E-state index < -0.39 is 11.5 Å². The number of phenolic OH excluding ortho intramolecular Hbond substituents is 1. The van der Waals surface area contributed by atoms with Crippen molar-refractivity contribution in [3.8, 4) is 11.5 Å². The number of amides is 1. The molecule has 1 aliphatic rings. The van der Waals surface area contributed by atoms with Gasteiger partial charge in [0.25, 0.3) is 5.91 Å². The predicted molar refractivity (Wildman–Crippen MR) is 138 cm³/mol. The Morgan fingerprint density at radius 3 is 2.66 bits per heavy atom. The van der Waals surface area contributed by atoms with Crippen molar-refractivity contribution in [3.05, 3.63) is 63.5 Å². The molecule has 2 aromatic carbocycles. The Morgan fingerprint density at radius 1 is 1.20 bits per heavy atom. The molecule has 0 spiro atoms. The van der Waals surface area contributed by atoms with Gasteiger partial charge in [-0.3, -0.25) is 4.79 Å². The third-order valence-corrected chi connectivity index (χ3v) is 6.64. The third-order valence-electron chi connectivity index (χ3n) is 6.64. The lowest BCUT2D eigenvalue weighted by molar-refractivity contribution is 0.102. The SMILES string of the molecule is Cc1c(OC2CCN(C)CC2)ccc2cc(NC(=O)c3ccc(O)c(CCC(C)C)c3)c(=O)oc12. The Kier molecular flexibility index (Phi) is 7.45. The van der Waals surface area contributed by atoms with Gasteiger partial charge in [-0.15, -0.1) is 0 Å². The van der Waals surface area contributed by atoms with Crippen LogP contribution >= 0.6 is 0 Å². The number of piperidine rings is 1. The minimum atomic E-state index is -0.621. The second-order valence-electron chi connectivity index (χ2n) is 9.91. The molecule has 7 nitrogen and oxygen atoms in total. The summed E-state index contributed by atoms with van der Waals surface area (Å²) in [6.45, 7) is 8.09. The van der Waals surface area contributed by atoms with Gasteiger partial charge < -0.3 is 24.5 Å². The Hall–Kier alpha value is -3.32. The number of likely N-dealkylation sites (tertiary alicyclic amines) is 1. The first-order chi connectivity index (χ1) is 16.7. The normalized spacial score (nSPS) is 15.0. The van der Waals surface area contributed by atoms with Crippen LogP contribution in [-0.4, -0.2) is 42.2 Å². The number of nitrogens with zero attached hydrogens (tertiary/aromatic N) is 1. The summed E-state index contributed by atoms with van der Waals surface area (Å²) in [5, 5.41) is 13.5. The van der Waals surface area contributed by atoms with E-state index in [1.165, 1.54) is 6.07 Å². The molecule has 2 heterocycles. The maximum absolute atomic E-state index is 12.9. The van der Waals surface area contributed by atoms with E-state index in [4.69, 9.17) is 9.15 Å². The second kappa shape index (κ2) is 10.5. The first-order valence-corrected chi connectivity index (χ1v) is 12.3. The average molecular weight is 479 g/mol. The minimum Gasteiger partial charge on any atom is -0.508 e. The van der Waals surface area contributed by atoms with Crippen molar-refractivity contribution in [1.29, 1.82) is 0 Å². The summed E-state index contributed by atoms with van der Waals surface area (Å²) in [4.78, 5) is 27.9. The quantitative estimate of drug-likeness (QED) is 0.458. The molecule has 1 saturated heterocycles. The lowest BCUT2D eigenvalue weighted by atomic mass is 10.00. The highest BCUT2D eigenvalue weighted by Gasteiger charge is 2.20. The first-order valence-electron chi connectivity index (χ1n) is 12.3. The molecule has 7 heteroatoms. The number of anilines is 1. The van der Waals surface area contributed by atoms with Gasteiger partial charge in [-0.25, -0.2) is 4.79 Å². The fraction of sp³-hybridized carbons (Fsp3) is 0.429. The second-order valence-corrected chi connectivity index (χ2v) is 9.91. The Morgan fingerprint density at radius 2 is 1.94 bits per heavy atom. The number of aryl methyl sites for hydroxylation is 2. The molecule has 2 N–H and O–H groups in total. The lowest BCUT2D eigenvalue weighted by Crippen LogP contribution is -2.35. The van der Waals surface area contributed by atoms with E-state index in [-0.39, 0.29) is 17.5 Å². The van der Waals surface area contributed by atoms with E-state index >= 15 is 0 Å². The molecule has 0 bridgehead atoms. The van der Waals surface area contributed by atoms with Gasteiger partial charge in [0, 0.05) is 29.6 Å². The fourth-order valence-electron chi connectivity index (χ4n) is 4.37. The number of ether oxygens (including phenoxy) is 1. The van der Waals surface area contributed by atoms with Crippen LogP contribution in [-0.2, 0) is 6.42 Å². The number of phenols is 1. The molecular formula is C28H34N2O5. The molecule has 0 atom stereocenters. The monoisotopic (exact) mass is 478 g/mol. The molecule has 1 aromatic heterocycles. The number of fused-ring (bicyclic) bond motifs is 1. The zero-order chi connectivity index (χ0) is 25.1. The van der Waals surface area contributed by atoms with E-state index in [1.54, 1.807) is 18.2 Å². The maximum atomic E-state index is 12.9. The highest BCUT2D eigenvalue weighted by Crippen LogP contribution is 2.30. The maximum Gasteiger partial charge on any atom is 0.360 e. The van der Waals surface area contributed by atoms with E-state index in [2.05, 4.69) is 31.1 Å². The molecule has 1 aliphatic heterocycles. The Labute approximate surface area is 205 Å². The van der Waals surface area contributed by atoms with Crippen molar-refractivity contribution in [3.63, 3.8) is 0 Å². The molecule has 0 radical (unpaired) electrons. The van der Waals surface area contributed by atoms with Crippen LogP contribution < -0.4 is 15.7 Å². The van der Waals surface area contributed by atoms with Gasteiger partial charge in [-0.2, -0.15) is 0 Å². The number of benzene rings is 2. The van der Waals surface area contributed by atoms with Gasteiger partial charge in [0.15, 0.2) is 0 Å². The van der Waals surface area contributed by atoms with Gasteiger partial charge in [0.2, 0.25) is 0 Å². The van der Waals surface area contributed by atoms with Gasteiger partial charge in [-0.05, 0) is 87.5 Å². The summed E-state index contributed by atoms with van der Waals surface area (Å²) in [5.74, 6) is 0.931. The summed E-state index contributed by atoms with van der Waals surface area (Å²) in [5.41, 5.74) is 1.76. The molecule has 3 aromatic rings. The van der Waals surface area contributed by atoms with Crippen LogP contribution in [0.1, 0.15) is 54.6 Å². The molecule has 35 heavy (non-hydrogen) atoms. The van der Waals surface area contributed by atoms with E-state index in [0.29, 0.717) is 40.2 Å². The van der Waals surface area contributed by atoms with Crippen LogP contribution in [0.5, 0.6) is 11.5 Å². The highest BCUT2D eigenvalue weighted by molar-refractivity contribution is 6.05. The number of carbonyl (C=O) groups excluding carboxylic acids is 1. The molecule has 1 amide bonds. The number of aromatic hydroxyl groups is 1. The Balaban J connectivity index is 1.53. The molecule has 0 aliphatic carbocycles. The van der Waals surface area contributed by atoms with Crippen molar-refractivity contribution < 1.29 is 19.1 Å². The number of hydrogen-bond donors (Lipinski definition) is 2. The molecule has 4 rings (SSSR count). The topological polar surface area (TPSA) is 92.0 Å². The Bertz CT molecular complexity index is 1270. The van der Waals surface area contributed by atoms with E-state index in [9.17, 15) is 14.7 Å². The van der Waals surface area contributed by atoms with Gasteiger partial charge in [-0.1, -0.05) is 13.8 Å². The van der Waals surface area contributed by atoms with Gasteiger partial charge >= 0.3 is 5.63 Å². The van der Waals surface area contributed by atoms with Crippen LogP contribution in [0.2, 0.25) is 0 Å². The van der Waals surface area contributed by atoms with Crippen LogP contribution in [0.4, 0.5) is 5.69 Å². The summed E-state index contributed by atoms with van der Waals surface area (Å²) >= 11 is 0. The first kappa shape index (κ1) is 24.8. The van der Waals surface area contributed by atoms with Crippen LogP contribution in [0.3, 0.4) is 0 Å². The zero-order valence-electron chi connectivity index (χ0n) is 20.9. The van der Waals surface area contributed by atoms with Crippen molar-refractivity contribution >= 4 is 22.6 Å². The standard InChI is InChI=1S/C28H34N2O5/c1-17(2)5-6-19-15-21(7-9-24(19)31)27(32)29-23-16-20-8-10-25(18(3)26(20)35-28(23)33)34-22-11-13-30(4)14-12-22/h7-10,15-17,22,31H,5-6,11-14H2,1-4H3,(H,29,32). The summed E-state index contributed by atoms with van der Waals surface area (Å²) in [6, 6.07) is 10.1. The smallest absolute Gasteiger partial charge is 0.360 e. The lowest BCUT2D eigenvalue weighted by Gasteiger charge is -2.29. The third kappa shape index (κ3) is 5.85. The summed E-state index contributed by atoms with van der Waals surface area (Å²) < 4.78 is 11.8. The molecule has 1 fully saturated rings. The molecule has 186 valence electrons. The predicted octanol–water partition coefficient (Wildman–Crippen LogP) is 5.12. The van der Waals surface area contributed by atoms with Gasteiger partial charge in [0.1, 0.15) is 28.9 Å². The summed E-state index contributed by atoms with van der Waals surface area (Å²) in [7, 11) is 2.11. The number of carbonyl (C=O) groups is 1. The van der Waals surface area contributed by atoms with Crippen molar-refractivity contribution in [2.45, 2.75) is 52.6 Å². The molecule has 0 saturated carbocycles.